The van der Waals surface area contributed by atoms with E-state index in [0.717, 1.165) is 42.5 Å². The predicted octanol–water partition coefficient (Wildman–Crippen LogP) is 2.68. The lowest BCUT2D eigenvalue weighted by Crippen LogP contribution is -2.04. The molecule has 20 heteroatoms. The molecule has 0 aliphatic heterocycles. The number of fused-ring (bicyclic) bond motifs is 2. The molecule has 0 aromatic heterocycles. The van der Waals surface area contributed by atoms with Crippen molar-refractivity contribution in [2.45, 2.75) is 19.6 Å². The predicted molar refractivity (Wildman–Crippen MR) is 137 cm³/mol. The summed E-state index contributed by atoms with van der Waals surface area (Å²) in [6.45, 7) is 0. The van der Waals surface area contributed by atoms with Crippen molar-refractivity contribution in [3.63, 3.8) is 0 Å². The monoisotopic (exact) mass is 633 g/mol. The summed E-state index contributed by atoms with van der Waals surface area (Å²) in [5.41, 5.74) is 3.69. The molecule has 0 radical (unpaired) electrons. The number of phenols is 1. The van der Waals surface area contributed by atoms with E-state index in [2.05, 4.69) is 10.2 Å². The van der Waals surface area contributed by atoms with E-state index in [4.69, 9.17) is 5.73 Å². The molecule has 16 nitrogen and oxygen atoms in total. The van der Waals surface area contributed by atoms with Crippen LogP contribution in [0, 0.1) is 0 Å². The van der Waals surface area contributed by atoms with Crippen LogP contribution in [0.1, 0.15) is 0 Å². The number of benzene rings is 4. The van der Waals surface area contributed by atoms with Crippen LogP contribution < -0.4 is 5.73 Å². The minimum Gasteiger partial charge on any atom is -0.505 e. The highest BCUT2D eigenvalue weighted by molar-refractivity contribution is 7.87. The topological polar surface area (TPSA) is 288 Å². The fraction of sp³-hybridized carbons (Fsp3) is 0. The van der Waals surface area contributed by atoms with E-state index in [1.165, 1.54) is 0 Å². The molecule has 4 aromatic carbocycles. The molecule has 0 bridgehead atoms. The van der Waals surface area contributed by atoms with Crippen molar-refractivity contribution < 1.29 is 57.0 Å². The van der Waals surface area contributed by atoms with Gasteiger partial charge in [-0.05, 0) is 30.3 Å². The second kappa shape index (κ2) is 9.42. The van der Waals surface area contributed by atoms with Gasteiger partial charge in [-0.3, -0.25) is 18.2 Å². The Labute approximate surface area is 225 Å². The van der Waals surface area contributed by atoms with Crippen molar-refractivity contribution in [1.82, 2.24) is 0 Å². The molecule has 0 amide bonds. The summed E-state index contributed by atoms with van der Waals surface area (Å²) >= 11 is 0. The molecule has 0 spiro atoms. The maximum atomic E-state index is 12.2. The van der Waals surface area contributed by atoms with Gasteiger partial charge in [-0.1, -0.05) is 18.2 Å². The van der Waals surface area contributed by atoms with Crippen LogP contribution >= 0.6 is 0 Å². The molecule has 4 aromatic rings. The molecule has 0 atom stereocenters. The number of phenolic OH excluding ortho intramolecular Hbond substituents is 1. The van der Waals surface area contributed by atoms with Crippen LogP contribution in [0.2, 0.25) is 0 Å². The third-order valence-electron chi connectivity index (χ3n) is 5.51. The molecule has 0 heterocycles. The standard InChI is InChI=1S/C20H15N3O13S4/c21-12-5-7-15(38(28,29)30)11-8-16(39(31,32)33)18(19(24)17(11)12)23-22-13-6-4-9-10(20(13)40(34,35)36)2-1-3-14(9)37(25,26)27/h1-8,24H,21H2,(H,25,26,27)(H,28,29,30)(H,31,32,33)(H,34,35,36). The zero-order valence-electron chi connectivity index (χ0n) is 19.2. The number of anilines is 1. The van der Waals surface area contributed by atoms with Crippen LogP contribution in [-0.2, 0) is 40.5 Å². The van der Waals surface area contributed by atoms with Crippen molar-refractivity contribution in [3.8, 4) is 5.75 Å². The number of azo groups is 1. The third-order valence-corrected chi connectivity index (χ3v) is 9.14. The van der Waals surface area contributed by atoms with Crippen LogP contribution in [0.4, 0.5) is 17.1 Å². The van der Waals surface area contributed by atoms with Gasteiger partial charge in [0.15, 0.2) is 5.75 Å². The highest BCUT2D eigenvalue weighted by Gasteiger charge is 2.28. The molecule has 0 aliphatic rings. The fourth-order valence-electron chi connectivity index (χ4n) is 3.95. The molecule has 0 unspecified atom stereocenters. The number of hydrogen-bond donors (Lipinski definition) is 6. The summed E-state index contributed by atoms with van der Waals surface area (Å²) in [5.74, 6) is -1.15. The number of nitrogens with two attached hydrogens (primary N) is 1. The first-order chi connectivity index (χ1) is 18.2. The van der Waals surface area contributed by atoms with Crippen LogP contribution in [0.25, 0.3) is 21.5 Å². The van der Waals surface area contributed by atoms with E-state index < -0.39 is 93.3 Å². The van der Waals surface area contributed by atoms with E-state index >= 15 is 0 Å². The Morgan fingerprint density at radius 1 is 0.600 bits per heavy atom. The average Bonchev–Trinajstić information content (AvgIpc) is 2.79. The lowest BCUT2D eigenvalue weighted by atomic mass is 10.1. The Morgan fingerprint density at radius 2 is 1.18 bits per heavy atom. The third kappa shape index (κ3) is 5.21. The number of nitrogen functional groups attached to an aromatic ring is 1. The van der Waals surface area contributed by atoms with Gasteiger partial charge in [0.25, 0.3) is 40.5 Å². The van der Waals surface area contributed by atoms with Gasteiger partial charge in [-0.25, -0.2) is 0 Å². The lowest BCUT2D eigenvalue weighted by Gasteiger charge is -2.13. The van der Waals surface area contributed by atoms with Gasteiger partial charge in [0.05, 0.1) is 5.39 Å². The minimum absolute atomic E-state index is 0.333. The maximum absolute atomic E-state index is 12.2. The summed E-state index contributed by atoms with van der Waals surface area (Å²) in [6, 6.07) is 7.13. The Bertz CT molecular complexity index is 2230. The van der Waals surface area contributed by atoms with Crippen molar-refractivity contribution in [2.24, 2.45) is 10.2 Å². The van der Waals surface area contributed by atoms with Crippen molar-refractivity contribution >= 4 is 79.1 Å². The molecule has 7 N–H and O–H groups in total. The van der Waals surface area contributed by atoms with Crippen LogP contribution in [0.5, 0.6) is 5.75 Å². The first-order valence-electron chi connectivity index (χ1n) is 10.2. The Morgan fingerprint density at radius 3 is 1.73 bits per heavy atom. The van der Waals surface area contributed by atoms with E-state index in [1.54, 1.807) is 0 Å². The summed E-state index contributed by atoms with van der Waals surface area (Å²) in [4.78, 5) is -3.87. The van der Waals surface area contributed by atoms with Crippen LogP contribution in [0.15, 0.2) is 78.3 Å². The number of aromatic hydroxyl groups is 1. The fourth-order valence-corrected chi connectivity index (χ4v) is 6.81. The van der Waals surface area contributed by atoms with Gasteiger partial charge in [-0.15, -0.1) is 10.2 Å². The first-order valence-corrected chi connectivity index (χ1v) is 15.9. The zero-order valence-corrected chi connectivity index (χ0v) is 22.5. The van der Waals surface area contributed by atoms with Gasteiger partial charge in [-0.2, -0.15) is 33.7 Å². The smallest absolute Gasteiger partial charge is 0.297 e. The van der Waals surface area contributed by atoms with E-state index in [1.807, 2.05) is 0 Å². The largest absolute Gasteiger partial charge is 0.505 e. The second-order valence-electron chi connectivity index (χ2n) is 8.01. The molecular formula is C20H15N3O13S4. The lowest BCUT2D eigenvalue weighted by molar-refractivity contribution is 0.471. The summed E-state index contributed by atoms with van der Waals surface area (Å²) in [7, 11) is -20.4. The van der Waals surface area contributed by atoms with Crippen molar-refractivity contribution in [2.75, 3.05) is 5.73 Å². The second-order valence-corrected chi connectivity index (χ2v) is 13.5. The SMILES string of the molecule is Nc1ccc(S(=O)(=O)O)c2cc(S(=O)(=O)O)c(N=Nc3ccc4c(S(=O)(=O)O)cccc4c3S(=O)(=O)O)c(O)c12. The summed E-state index contributed by atoms with van der Waals surface area (Å²) < 4.78 is 134. The quantitative estimate of drug-likeness (QED) is 0.101. The van der Waals surface area contributed by atoms with Gasteiger partial charge in [0.1, 0.15) is 31.0 Å². The highest BCUT2D eigenvalue weighted by Crippen LogP contribution is 2.46. The van der Waals surface area contributed by atoms with Crippen molar-refractivity contribution in [1.29, 1.82) is 0 Å². The first kappa shape index (κ1) is 29.2. The molecule has 4 rings (SSSR count). The number of nitrogens with zero attached hydrogens (tertiary/aromatic N) is 2. The van der Waals surface area contributed by atoms with Crippen LogP contribution in [0.3, 0.4) is 0 Å². The van der Waals surface area contributed by atoms with E-state index in [9.17, 15) is 57.0 Å². The summed E-state index contributed by atoms with van der Waals surface area (Å²) in [5, 5.41) is 15.9. The normalized spacial score (nSPS) is 13.4. The molecule has 212 valence electrons. The van der Waals surface area contributed by atoms with Crippen molar-refractivity contribution in [3.05, 3.63) is 48.5 Å². The van der Waals surface area contributed by atoms with Gasteiger partial charge < -0.3 is 10.8 Å². The minimum atomic E-state index is -5.32. The van der Waals surface area contributed by atoms with Crippen LogP contribution in [-0.4, -0.2) is 57.0 Å². The number of rotatable bonds is 6. The molecule has 0 saturated carbocycles. The van der Waals surface area contributed by atoms with Gasteiger partial charge in [0, 0.05) is 21.8 Å². The Hall–Kier alpha value is -3.76. The zero-order chi connectivity index (χ0) is 30.0. The van der Waals surface area contributed by atoms with Gasteiger partial charge >= 0.3 is 0 Å². The molecule has 40 heavy (non-hydrogen) atoms. The molecule has 0 aliphatic carbocycles. The average molecular weight is 634 g/mol. The molecule has 0 fully saturated rings. The van der Waals surface area contributed by atoms with Gasteiger partial charge in [0.2, 0.25) is 0 Å². The highest BCUT2D eigenvalue weighted by atomic mass is 32.2. The Kier molecular flexibility index (Phi) is 6.88. The molecular weight excluding hydrogens is 618 g/mol. The maximum Gasteiger partial charge on any atom is 0.297 e. The van der Waals surface area contributed by atoms with E-state index in [-0.39, 0.29) is 11.1 Å². The number of hydrogen-bond acceptors (Lipinski definition) is 12. The molecule has 0 saturated heterocycles. The summed E-state index contributed by atoms with van der Waals surface area (Å²) in [6.07, 6.45) is 0. The van der Waals surface area contributed by atoms with E-state index in [0.29, 0.717) is 6.07 Å². The Balaban J connectivity index is 2.10.